The van der Waals surface area contributed by atoms with Gasteiger partial charge in [-0.15, -0.1) is 10.2 Å². The molecule has 2 saturated heterocycles. The lowest BCUT2D eigenvalue weighted by Crippen LogP contribution is -2.46. The van der Waals surface area contributed by atoms with Gasteiger partial charge in [0, 0.05) is 51.3 Å². The highest BCUT2D eigenvalue weighted by Gasteiger charge is 2.25. The molecule has 1 amide bonds. The molecule has 2 aromatic rings. The number of carbonyl (C=O) groups is 1. The summed E-state index contributed by atoms with van der Waals surface area (Å²) in [6.45, 7) is 6.83. The molecule has 0 aliphatic carbocycles. The van der Waals surface area contributed by atoms with Gasteiger partial charge in [-0.3, -0.25) is 4.79 Å². The van der Waals surface area contributed by atoms with E-state index in [0.717, 1.165) is 69.4 Å². The largest absolute Gasteiger partial charge is 0.361 e. The second kappa shape index (κ2) is 7.41. The Balaban J connectivity index is 1.36. The maximum atomic E-state index is 12.5. The zero-order chi connectivity index (χ0) is 17.9. The number of amides is 1. The minimum atomic E-state index is -0.0371. The van der Waals surface area contributed by atoms with Gasteiger partial charge >= 0.3 is 0 Å². The molecule has 2 fully saturated rings. The smallest absolute Gasteiger partial charge is 0.274 e. The first-order valence-corrected chi connectivity index (χ1v) is 9.22. The van der Waals surface area contributed by atoms with Crippen molar-refractivity contribution in [3.8, 4) is 0 Å². The molecule has 4 rings (SSSR count). The molecular formula is C18H24N6O2. The average Bonchev–Trinajstić information content (AvgIpc) is 3.15. The summed E-state index contributed by atoms with van der Waals surface area (Å²) in [5, 5.41) is 15.7. The molecule has 0 bridgehead atoms. The molecular weight excluding hydrogens is 332 g/mol. The SMILES string of the molecule is Cc1cc(C2CCN(c3ccc(C(=O)N4CCNCC4)nn3)CC2)on1. The average molecular weight is 356 g/mol. The third-order valence-corrected chi connectivity index (χ3v) is 5.14. The first kappa shape index (κ1) is 17.0. The number of nitrogens with one attached hydrogen (secondary N) is 1. The van der Waals surface area contributed by atoms with Crippen LogP contribution in [0.5, 0.6) is 0 Å². The molecule has 1 N–H and O–H groups in total. The number of piperazine rings is 1. The van der Waals surface area contributed by atoms with E-state index in [1.54, 1.807) is 6.07 Å². The molecule has 2 aromatic heterocycles. The standard InChI is InChI=1S/C18H24N6O2/c1-13-12-16(26-22-13)14-4-8-23(9-5-14)17-3-2-15(20-21-17)18(25)24-10-6-19-7-11-24/h2-3,12,14,19H,4-11H2,1H3. The molecule has 4 heterocycles. The highest BCUT2D eigenvalue weighted by atomic mass is 16.5. The molecule has 2 aliphatic rings. The van der Waals surface area contributed by atoms with Gasteiger partial charge in [0.05, 0.1) is 5.69 Å². The molecule has 0 radical (unpaired) electrons. The Bertz CT molecular complexity index is 745. The molecule has 26 heavy (non-hydrogen) atoms. The minimum Gasteiger partial charge on any atom is -0.361 e. The number of carbonyl (C=O) groups excluding carboxylic acids is 1. The second-order valence-corrected chi connectivity index (χ2v) is 6.95. The number of hydrogen-bond donors (Lipinski definition) is 1. The Labute approximate surface area is 152 Å². The van der Waals surface area contributed by atoms with E-state index < -0.39 is 0 Å². The van der Waals surface area contributed by atoms with E-state index >= 15 is 0 Å². The zero-order valence-corrected chi connectivity index (χ0v) is 15.0. The Morgan fingerprint density at radius 1 is 1.15 bits per heavy atom. The number of nitrogens with zero attached hydrogens (tertiary/aromatic N) is 5. The number of hydrogen-bond acceptors (Lipinski definition) is 7. The van der Waals surface area contributed by atoms with Crippen LogP contribution in [-0.4, -0.2) is 65.4 Å². The van der Waals surface area contributed by atoms with Crippen molar-refractivity contribution in [3.05, 3.63) is 35.3 Å². The molecule has 0 aromatic carbocycles. The lowest BCUT2D eigenvalue weighted by atomic mass is 9.94. The van der Waals surface area contributed by atoms with E-state index in [0.29, 0.717) is 11.6 Å². The van der Waals surface area contributed by atoms with Crippen molar-refractivity contribution < 1.29 is 9.32 Å². The number of piperidine rings is 1. The Morgan fingerprint density at radius 2 is 1.92 bits per heavy atom. The Hall–Kier alpha value is -2.48. The van der Waals surface area contributed by atoms with Crippen molar-refractivity contribution >= 4 is 11.7 Å². The molecule has 2 aliphatic heterocycles. The van der Waals surface area contributed by atoms with Gasteiger partial charge < -0.3 is 19.6 Å². The summed E-state index contributed by atoms with van der Waals surface area (Å²) in [5.74, 6) is 2.18. The number of aryl methyl sites for hydroxylation is 1. The van der Waals surface area contributed by atoms with Crippen LogP contribution in [0.4, 0.5) is 5.82 Å². The number of anilines is 1. The first-order chi connectivity index (χ1) is 12.7. The monoisotopic (exact) mass is 356 g/mol. The lowest BCUT2D eigenvalue weighted by Gasteiger charge is -2.31. The van der Waals surface area contributed by atoms with Gasteiger partial charge in [0.25, 0.3) is 5.91 Å². The summed E-state index contributed by atoms with van der Waals surface area (Å²) < 4.78 is 5.40. The normalized spacial score (nSPS) is 19.0. The molecule has 0 spiro atoms. The van der Waals surface area contributed by atoms with Crippen molar-refractivity contribution in [2.45, 2.75) is 25.7 Å². The quantitative estimate of drug-likeness (QED) is 0.884. The number of aromatic nitrogens is 3. The third kappa shape index (κ3) is 3.55. The second-order valence-electron chi connectivity index (χ2n) is 6.95. The van der Waals surface area contributed by atoms with Crippen molar-refractivity contribution in [2.24, 2.45) is 0 Å². The fourth-order valence-electron chi connectivity index (χ4n) is 3.61. The van der Waals surface area contributed by atoms with Gasteiger partial charge in [-0.2, -0.15) is 0 Å². The van der Waals surface area contributed by atoms with Crippen LogP contribution in [0.3, 0.4) is 0 Å². The van der Waals surface area contributed by atoms with Crippen LogP contribution >= 0.6 is 0 Å². The van der Waals surface area contributed by atoms with E-state index in [-0.39, 0.29) is 5.91 Å². The van der Waals surface area contributed by atoms with Gasteiger partial charge in [0.2, 0.25) is 0 Å². The highest BCUT2D eigenvalue weighted by molar-refractivity contribution is 5.92. The lowest BCUT2D eigenvalue weighted by molar-refractivity contribution is 0.0728. The molecule has 0 unspecified atom stereocenters. The Kier molecular flexibility index (Phi) is 4.83. The number of rotatable bonds is 3. The van der Waals surface area contributed by atoms with E-state index in [9.17, 15) is 4.79 Å². The van der Waals surface area contributed by atoms with E-state index in [1.807, 2.05) is 24.0 Å². The minimum absolute atomic E-state index is 0.0371. The van der Waals surface area contributed by atoms with Crippen LogP contribution < -0.4 is 10.2 Å². The van der Waals surface area contributed by atoms with E-state index in [1.165, 1.54) is 0 Å². The summed E-state index contributed by atoms with van der Waals surface area (Å²) in [6.07, 6.45) is 2.00. The third-order valence-electron chi connectivity index (χ3n) is 5.14. The molecule has 0 atom stereocenters. The van der Waals surface area contributed by atoms with Gasteiger partial charge in [-0.1, -0.05) is 5.16 Å². The van der Waals surface area contributed by atoms with Crippen molar-refractivity contribution in [1.29, 1.82) is 0 Å². The molecule has 0 saturated carbocycles. The van der Waals surface area contributed by atoms with Gasteiger partial charge in [-0.25, -0.2) is 0 Å². The van der Waals surface area contributed by atoms with E-state index in [4.69, 9.17) is 4.52 Å². The van der Waals surface area contributed by atoms with Crippen molar-refractivity contribution in [1.82, 2.24) is 25.6 Å². The summed E-state index contributed by atoms with van der Waals surface area (Å²) in [7, 11) is 0. The van der Waals surface area contributed by atoms with Crippen LogP contribution in [0.2, 0.25) is 0 Å². The zero-order valence-electron chi connectivity index (χ0n) is 15.0. The van der Waals surface area contributed by atoms with Gasteiger partial charge in [0.15, 0.2) is 11.5 Å². The van der Waals surface area contributed by atoms with Crippen LogP contribution in [0.25, 0.3) is 0 Å². The predicted molar refractivity (Wildman–Crippen MR) is 96.2 cm³/mol. The predicted octanol–water partition coefficient (Wildman–Crippen LogP) is 1.20. The Morgan fingerprint density at radius 3 is 2.54 bits per heavy atom. The van der Waals surface area contributed by atoms with Crippen LogP contribution in [-0.2, 0) is 0 Å². The topological polar surface area (TPSA) is 87.4 Å². The van der Waals surface area contributed by atoms with Crippen LogP contribution in [0.15, 0.2) is 22.7 Å². The van der Waals surface area contributed by atoms with Crippen molar-refractivity contribution in [2.75, 3.05) is 44.2 Å². The summed E-state index contributed by atoms with van der Waals surface area (Å²) in [4.78, 5) is 16.5. The molecule has 8 nitrogen and oxygen atoms in total. The van der Waals surface area contributed by atoms with Gasteiger partial charge in [0.1, 0.15) is 5.76 Å². The summed E-state index contributed by atoms with van der Waals surface area (Å²) >= 11 is 0. The summed E-state index contributed by atoms with van der Waals surface area (Å²) in [6, 6.07) is 5.72. The molecule has 8 heteroatoms. The molecule has 138 valence electrons. The van der Waals surface area contributed by atoms with Gasteiger partial charge in [-0.05, 0) is 31.9 Å². The van der Waals surface area contributed by atoms with E-state index in [2.05, 4.69) is 25.6 Å². The van der Waals surface area contributed by atoms with Crippen LogP contribution in [0.1, 0.15) is 40.7 Å². The van der Waals surface area contributed by atoms with Crippen LogP contribution in [0, 0.1) is 6.92 Å². The fourth-order valence-corrected chi connectivity index (χ4v) is 3.61. The first-order valence-electron chi connectivity index (χ1n) is 9.22. The maximum Gasteiger partial charge on any atom is 0.274 e. The highest BCUT2D eigenvalue weighted by Crippen LogP contribution is 2.30. The van der Waals surface area contributed by atoms with Crippen molar-refractivity contribution in [3.63, 3.8) is 0 Å². The maximum absolute atomic E-state index is 12.5. The fraction of sp³-hybridized carbons (Fsp3) is 0.556. The summed E-state index contributed by atoms with van der Waals surface area (Å²) in [5.41, 5.74) is 1.35.